The van der Waals surface area contributed by atoms with E-state index in [0.29, 0.717) is 11.9 Å². The molecule has 1 amide bonds. The van der Waals surface area contributed by atoms with Crippen molar-refractivity contribution in [3.63, 3.8) is 0 Å². The van der Waals surface area contributed by atoms with Gasteiger partial charge in [-0.2, -0.15) is 5.10 Å². The van der Waals surface area contributed by atoms with E-state index in [4.69, 9.17) is 0 Å². The Kier molecular flexibility index (Phi) is 4.92. The molecule has 4 rings (SSSR count). The standard InChI is InChI=1S/C23H24N4O2/c1-4-19(22(28)25-15(2)16-10-6-5-7-11-16)27-20-13-9-8-12-17(20)18-14-24-26(3)23(29)21(18)27/h5-15,19H,4H2,1-3H3,(H,25,28)/t15-,19-/m1/s1. The van der Waals surface area contributed by atoms with Crippen LogP contribution in [0.15, 0.2) is 65.6 Å². The van der Waals surface area contributed by atoms with Crippen LogP contribution in [-0.2, 0) is 11.8 Å². The van der Waals surface area contributed by atoms with Crippen LogP contribution in [-0.4, -0.2) is 20.3 Å². The lowest BCUT2D eigenvalue weighted by molar-refractivity contribution is -0.124. The van der Waals surface area contributed by atoms with Crippen molar-refractivity contribution in [3.8, 4) is 0 Å². The van der Waals surface area contributed by atoms with E-state index in [9.17, 15) is 9.59 Å². The van der Waals surface area contributed by atoms with Crippen LogP contribution in [0.1, 0.15) is 37.9 Å². The number of rotatable bonds is 5. The molecule has 0 unspecified atom stereocenters. The van der Waals surface area contributed by atoms with Crippen molar-refractivity contribution in [1.29, 1.82) is 0 Å². The topological polar surface area (TPSA) is 68.9 Å². The number of hydrogen-bond donors (Lipinski definition) is 1. The van der Waals surface area contributed by atoms with Crippen LogP contribution in [0.3, 0.4) is 0 Å². The van der Waals surface area contributed by atoms with E-state index < -0.39 is 6.04 Å². The maximum atomic E-state index is 13.3. The molecule has 4 aromatic rings. The molecule has 29 heavy (non-hydrogen) atoms. The smallest absolute Gasteiger partial charge is 0.291 e. The predicted molar refractivity (Wildman–Crippen MR) is 115 cm³/mol. The van der Waals surface area contributed by atoms with Crippen molar-refractivity contribution in [2.75, 3.05) is 0 Å². The van der Waals surface area contributed by atoms with E-state index in [1.165, 1.54) is 4.68 Å². The minimum absolute atomic E-state index is 0.106. The first-order chi connectivity index (χ1) is 14.0. The molecular weight excluding hydrogens is 364 g/mol. The molecule has 2 atom stereocenters. The van der Waals surface area contributed by atoms with E-state index in [2.05, 4.69) is 10.4 Å². The molecule has 1 N–H and O–H groups in total. The zero-order chi connectivity index (χ0) is 20.5. The van der Waals surface area contributed by atoms with Crippen molar-refractivity contribution in [3.05, 3.63) is 76.7 Å². The Morgan fingerprint density at radius 1 is 1.07 bits per heavy atom. The number of nitrogens with zero attached hydrogens (tertiary/aromatic N) is 3. The molecule has 0 aliphatic heterocycles. The highest BCUT2D eigenvalue weighted by Crippen LogP contribution is 2.31. The minimum atomic E-state index is -0.501. The summed E-state index contributed by atoms with van der Waals surface area (Å²) in [5.41, 5.74) is 2.21. The third kappa shape index (κ3) is 3.20. The largest absolute Gasteiger partial charge is 0.348 e. The molecular formula is C23H24N4O2. The van der Waals surface area contributed by atoms with Gasteiger partial charge in [-0.3, -0.25) is 9.59 Å². The van der Waals surface area contributed by atoms with Crippen molar-refractivity contribution < 1.29 is 4.79 Å². The summed E-state index contributed by atoms with van der Waals surface area (Å²) in [6.45, 7) is 3.93. The first-order valence-corrected chi connectivity index (χ1v) is 9.83. The van der Waals surface area contributed by atoms with Crippen molar-refractivity contribution in [2.45, 2.75) is 32.4 Å². The average molecular weight is 388 g/mol. The lowest BCUT2D eigenvalue weighted by Gasteiger charge is -2.22. The second kappa shape index (κ2) is 7.54. The maximum Gasteiger partial charge on any atom is 0.291 e. The summed E-state index contributed by atoms with van der Waals surface area (Å²) in [5.74, 6) is -0.106. The summed E-state index contributed by atoms with van der Waals surface area (Å²) in [6.07, 6.45) is 2.26. The predicted octanol–water partition coefficient (Wildman–Crippen LogP) is 3.72. The summed E-state index contributed by atoms with van der Waals surface area (Å²) in [6, 6.07) is 17.0. The molecule has 0 spiro atoms. The number of nitrogens with one attached hydrogen (secondary N) is 1. The summed E-state index contributed by atoms with van der Waals surface area (Å²) in [7, 11) is 1.63. The number of aromatic nitrogens is 3. The van der Waals surface area contributed by atoms with Gasteiger partial charge in [-0.15, -0.1) is 0 Å². The normalized spacial score (nSPS) is 13.5. The molecule has 148 valence electrons. The fourth-order valence-corrected chi connectivity index (χ4v) is 3.93. The SMILES string of the molecule is CC[C@H](C(=O)N[C@H](C)c1ccccc1)n1c2ccccc2c2cnn(C)c(=O)c21. The molecule has 0 radical (unpaired) electrons. The molecule has 2 aromatic carbocycles. The first kappa shape index (κ1) is 18.9. The van der Waals surface area contributed by atoms with Gasteiger partial charge in [0.25, 0.3) is 5.56 Å². The van der Waals surface area contributed by atoms with Gasteiger partial charge in [0.1, 0.15) is 11.6 Å². The molecule has 0 aliphatic carbocycles. The zero-order valence-electron chi connectivity index (χ0n) is 16.8. The van der Waals surface area contributed by atoms with E-state index >= 15 is 0 Å². The van der Waals surface area contributed by atoms with Gasteiger partial charge in [-0.1, -0.05) is 55.5 Å². The fraction of sp³-hybridized carbons (Fsp3) is 0.261. The third-order valence-electron chi connectivity index (χ3n) is 5.47. The minimum Gasteiger partial charge on any atom is -0.348 e. The summed E-state index contributed by atoms with van der Waals surface area (Å²) < 4.78 is 3.19. The van der Waals surface area contributed by atoms with Crippen molar-refractivity contribution >= 4 is 27.7 Å². The number of carbonyl (C=O) groups is 1. The average Bonchev–Trinajstić information content (AvgIpc) is 3.07. The Balaban J connectivity index is 1.83. The second-order valence-electron chi connectivity index (χ2n) is 7.29. The highest BCUT2D eigenvalue weighted by atomic mass is 16.2. The summed E-state index contributed by atoms with van der Waals surface area (Å²) in [5, 5.41) is 8.99. The molecule has 0 saturated heterocycles. The monoisotopic (exact) mass is 388 g/mol. The molecule has 6 nitrogen and oxygen atoms in total. The zero-order valence-corrected chi connectivity index (χ0v) is 16.8. The van der Waals surface area contributed by atoms with Gasteiger partial charge in [0.15, 0.2) is 0 Å². The van der Waals surface area contributed by atoms with E-state index in [1.807, 2.05) is 73.0 Å². The van der Waals surface area contributed by atoms with Gasteiger partial charge >= 0.3 is 0 Å². The Bertz CT molecular complexity index is 1240. The number of carbonyl (C=O) groups excluding carboxylic acids is 1. The molecule has 0 saturated carbocycles. The molecule has 2 aromatic heterocycles. The van der Waals surface area contributed by atoms with Crippen LogP contribution >= 0.6 is 0 Å². The van der Waals surface area contributed by atoms with Crippen LogP contribution < -0.4 is 10.9 Å². The second-order valence-corrected chi connectivity index (χ2v) is 7.29. The van der Waals surface area contributed by atoms with Crippen LogP contribution in [0, 0.1) is 0 Å². The summed E-state index contributed by atoms with van der Waals surface area (Å²) >= 11 is 0. The third-order valence-corrected chi connectivity index (χ3v) is 5.47. The van der Waals surface area contributed by atoms with E-state index in [-0.39, 0.29) is 17.5 Å². The number of hydrogen-bond acceptors (Lipinski definition) is 3. The quantitative estimate of drug-likeness (QED) is 0.567. The van der Waals surface area contributed by atoms with Crippen LogP contribution in [0.4, 0.5) is 0 Å². The van der Waals surface area contributed by atoms with Gasteiger partial charge in [0.05, 0.1) is 17.8 Å². The van der Waals surface area contributed by atoms with E-state index in [1.54, 1.807) is 13.2 Å². The van der Waals surface area contributed by atoms with Gasteiger partial charge < -0.3 is 9.88 Å². The molecule has 6 heteroatoms. The van der Waals surface area contributed by atoms with Gasteiger partial charge in [0.2, 0.25) is 5.91 Å². The lowest BCUT2D eigenvalue weighted by Crippen LogP contribution is -2.35. The molecule has 2 heterocycles. The number of para-hydroxylation sites is 1. The van der Waals surface area contributed by atoms with Crippen LogP contribution in [0.2, 0.25) is 0 Å². The maximum absolute atomic E-state index is 13.3. The Morgan fingerprint density at radius 2 is 1.76 bits per heavy atom. The molecule has 0 bridgehead atoms. The van der Waals surface area contributed by atoms with Gasteiger partial charge in [-0.25, -0.2) is 4.68 Å². The van der Waals surface area contributed by atoms with Crippen LogP contribution in [0.25, 0.3) is 21.8 Å². The lowest BCUT2D eigenvalue weighted by atomic mass is 10.1. The van der Waals surface area contributed by atoms with Crippen LogP contribution in [0.5, 0.6) is 0 Å². The molecule has 0 fully saturated rings. The number of benzene rings is 2. The first-order valence-electron chi connectivity index (χ1n) is 9.83. The van der Waals surface area contributed by atoms with Crippen molar-refractivity contribution in [1.82, 2.24) is 19.7 Å². The Labute approximate surface area is 168 Å². The Morgan fingerprint density at radius 3 is 2.48 bits per heavy atom. The Hall–Kier alpha value is -3.41. The van der Waals surface area contributed by atoms with Gasteiger partial charge in [0, 0.05) is 17.8 Å². The highest BCUT2D eigenvalue weighted by Gasteiger charge is 2.26. The fourth-order valence-electron chi connectivity index (χ4n) is 3.93. The number of amides is 1. The number of fused-ring (bicyclic) bond motifs is 3. The molecule has 0 aliphatic rings. The number of aryl methyl sites for hydroxylation is 1. The highest BCUT2D eigenvalue weighted by molar-refractivity contribution is 6.08. The summed E-state index contributed by atoms with van der Waals surface area (Å²) in [4.78, 5) is 26.2. The van der Waals surface area contributed by atoms with Gasteiger partial charge in [-0.05, 0) is 25.0 Å². The van der Waals surface area contributed by atoms with Crippen molar-refractivity contribution in [2.24, 2.45) is 7.05 Å². The van der Waals surface area contributed by atoms with E-state index in [0.717, 1.165) is 21.9 Å².